The molecule has 0 bridgehead atoms. The van der Waals surface area contributed by atoms with E-state index in [2.05, 4.69) is 20.3 Å². The van der Waals surface area contributed by atoms with Crippen molar-refractivity contribution in [2.24, 2.45) is 4.99 Å². The van der Waals surface area contributed by atoms with Gasteiger partial charge in [0.15, 0.2) is 5.96 Å². The molecule has 0 aromatic heterocycles. The second-order valence-electron chi connectivity index (χ2n) is 6.45. The first kappa shape index (κ1) is 24.1. The fraction of sp³-hybridized carbons (Fsp3) is 0.611. The van der Waals surface area contributed by atoms with Gasteiger partial charge in [-0.3, -0.25) is 4.99 Å². The Morgan fingerprint density at radius 1 is 1.26 bits per heavy atom. The van der Waals surface area contributed by atoms with Gasteiger partial charge in [0, 0.05) is 26.2 Å². The van der Waals surface area contributed by atoms with E-state index in [9.17, 15) is 8.42 Å². The number of ether oxygens (including phenoxy) is 1. The van der Waals surface area contributed by atoms with Gasteiger partial charge in [-0.15, -0.1) is 24.0 Å². The number of nitrogens with zero attached hydrogens (tertiary/aromatic N) is 1. The zero-order valence-electron chi connectivity index (χ0n) is 16.2. The summed E-state index contributed by atoms with van der Waals surface area (Å²) in [5.74, 6) is 0.675. The molecule has 1 unspecified atom stereocenters. The van der Waals surface area contributed by atoms with E-state index in [0.717, 1.165) is 37.1 Å². The average molecular weight is 510 g/mol. The first-order chi connectivity index (χ1) is 12.4. The summed E-state index contributed by atoms with van der Waals surface area (Å²) in [5.41, 5.74) is 1.66. The van der Waals surface area contributed by atoms with Crippen LogP contribution in [0.25, 0.3) is 0 Å². The first-order valence-corrected chi connectivity index (χ1v) is 10.6. The molecule has 3 N–H and O–H groups in total. The standard InChI is InChI=1S/C18H30N4O3S.HI/c1-4-19-18(21-13-16-6-5-11-25-16)20-9-10-22-26(23,24)17-12-14(2)7-8-15(17)3;/h7-8,12,16,22H,4-6,9-11,13H2,1-3H3,(H2,19,20,21);1H. The number of benzene rings is 1. The lowest BCUT2D eigenvalue weighted by atomic mass is 10.2. The van der Waals surface area contributed by atoms with Crippen LogP contribution in [0.3, 0.4) is 0 Å². The summed E-state index contributed by atoms with van der Waals surface area (Å²) in [6, 6.07) is 5.42. The molecule has 0 saturated carbocycles. The summed E-state index contributed by atoms with van der Waals surface area (Å²) >= 11 is 0. The van der Waals surface area contributed by atoms with Gasteiger partial charge in [-0.2, -0.15) is 0 Å². The highest BCUT2D eigenvalue weighted by molar-refractivity contribution is 14.0. The van der Waals surface area contributed by atoms with E-state index in [1.807, 2.05) is 26.0 Å². The van der Waals surface area contributed by atoms with Gasteiger partial charge in [0.05, 0.1) is 17.5 Å². The predicted molar refractivity (Wildman–Crippen MR) is 119 cm³/mol. The van der Waals surface area contributed by atoms with Crippen molar-refractivity contribution < 1.29 is 13.2 Å². The Morgan fingerprint density at radius 3 is 2.70 bits per heavy atom. The largest absolute Gasteiger partial charge is 0.376 e. The Bertz CT molecular complexity index is 719. The summed E-state index contributed by atoms with van der Waals surface area (Å²) in [7, 11) is -3.52. The van der Waals surface area contributed by atoms with Crippen molar-refractivity contribution in [2.75, 3.05) is 32.8 Å². The number of aliphatic imine (C=N–C) groups is 1. The third-order valence-electron chi connectivity index (χ3n) is 4.16. The molecule has 154 valence electrons. The van der Waals surface area contributed by atoms with E-state index in [1.54, 1.807) is 13.0 Å². The van der Waals surface area contributed by atoms with Gasteiger partial charge in [0.2, 0.25) is 10.0 Å². The maximum atomic E-state index is 12.5. The highest BCUT2D eigenvalue weighted by atomic mass is 127. The molecule has 1 aliphatic heterocycles. The second kappa shape index (κ2) is 11.8. The number of rotatable bonds is 8. The van der Waals surface area contributed by atoms with Crippen molar-refractivity contribution in [2.45, 2.75) is 44.6 Å². The molecule has 1 saturated heterocycles. The lowest BCUT2D eigenvalue weighted by molar-refractivity contribution is 0.117. The Balaban J connectivity index is 0.00000364. The highest BCUT2D eigenvalue weighted by Crippen LogP contribution is 2.16. The third-order valence-corrected chi connectivity index (χ3v) is 5.77. The van der Waals surface area contributed by atoms with Crippen LogP contribution in [0.2, 0.25) is 0 Å². The summed E-state index contributed by atoms with van der Waals surface area (Å²) in [4.78, 5) is 4.84. The maximum absolute atomic E-state index is 12.5. The van der Waals surface area contributed by atoms with E-state index >= 15 is 0 Å². The van der Waals surface area contributed by atoms with Crippen molar-refractivity contribution in [3.05, 3.63) is 29.3 Å². The van der Waals surface area contributed by atoms with Crippen molar-refractivity contribution in [1.29, 1.82) is 0 Å². The van der Waals surface area contributed by atoms with E-state index in [-0.39, 0.29) is 36.6 Å². The number of halogens is 1. The van der Waals surface area contributed by atoms with Gasteiger partial charge in [-0.25, -0.2) is 13.1 Å². The third kappa shape index (κ3) is 7.92. The fourth-order valence-corrected chi connectivity index (χ4v) is 4.12. The van der Waals surface area contributed by atoms with E-state index in [1.165, 1.54) is 0 Å². The molecule has 1 heterocycles. The molecule has 27 heavy (non-hydrogen) atoms. The average Bonchev–Trinajstić information content (AvgIpc) is 3.12. The second-order valence-corrected chi connectivity index (χ2v) is 8.18. The molecule has 0 radical (unpaired) electrons. The number of sulfonamides is 1. The molecule has 9 heteroatoms. The molecule has 0 spiro atoms. The quantitative estimate of drug-likeness (QED) is 0.215. The van der Waals surface area contributed by atoms with Crippen LogP contribution in [0, 0.1) is 13.8 Å². The molecule has 0 amide bonds. The normalized spacial score (nSPS) is 17.4. The molecule has 7 nitrogen and oxygen atoms in total. The first-order valence-electron chi connectivity index (χ1n) is 9.13. The van der Waals surface area contributed by atoms with Gasteiger partial charge in [-0.05, 0) is 50.8 Å². The Morgan fingerprint density at radius 2 is 2.04 bits per heavy atom. The number of hydrogen-bond acceptors (Lipinski definition) is 4. The molecule has 1 aliphatic rings. The molecule has 0 aliphatic carbocycles. The minimum absolute atomic E-state index is 0. The van der Waals surface area contributed by atoms with Crippen molar-refractivity contribution in [1.82, 2.24) is 15.4 Å². The zero-order chi connectivity index (χ0) is 19.0. The number of aryl methyl sites for hydroxylation is 2. The Labute approximate surface area is 179 Å². The Kier molecular flexibility index (Phi) is 10.6. The molecule has 1 atom stereocenters. The fourth-order valence-electron chi connectivity index (χ4n) is 2.76. The monoisotopic (exact) mass is 510 g/mol. The summed E-state index contributed by atoms with van der Waals surface area (Å²) in [6.45, 7) is 8.56. The van der Waals surface area contributed by atoms with Crippen molar-refractivity contribution >= 4 is 40.0 Å². The number of guanidine groups is 1. The van der Waals surface area contributed by atoms with Crippen LogP contribution in [0.4, 0.5) is 0 Å². The van der Waals surface area contributed by atoms with Gasteiger partial charge in [0.1, 0.15) is 0 Å². The van der Waals surface area contributed by atoms with Crippen LogP contribution >= 0.6 is 24.0 Å². The smallest absolute Gasteiger partial charge is 0.240 e. The zero-order valence-corrected chi connectivity index (χ0v) is 19.4. The topological polar surface area (TPSA) is 91.8 Å². The van der Waals surface area contributed by atoms with E-state index in [0.29, 0.717) is 23.9 Å². The van der Waals surface area contributed by atoms with E-state index < -0.39 is 10.0 Å². The van der Waals surface area contributed by atoms with E-state index in [4.69, 9.17) is 4.74 Å². The molecule has 1 aromatic rings. The number of hydrogen-bond donors (Lipinski definition) is 3. The van der Waals surface area contributed by atoms with Crippen LogP contribution in [-0.2, 0) is 14.8 Å². The minimum atomic E-state index is -3.52. The molecule has 2 rings (SSSR count). The van der Waals surface area contributed by atoms with Crippen LogP contribution in [-0.4, -0.2) is 53.3 Å². The SMILES string of the molecule is CCNC(=NCC1CCCO1)NCCNS(=O)(=O)c1cc(C)ccc1C.I. The van der Waals surface area contributed by atoms with Gasteiger partial charge in [0.25, 0.3) is 0 Å². The maximum Gasteiger partial charge on any atom is 0.240 e. The van der Waals surface area contributed by atoms with Gasteiger partial charge >= 0.3 is 0 Å². The summed E-state index contributed by atoms with van der Waals surface area (Å²) < 4.78 is 33.2. The lowest BCUT2D eigenvalue weighted by Crippen LogP contribution is -2.42. The van der Waals surface area contributed by atoms with Crippen molar-refractivity contribution in [3.63, 3.8) is 0 Å². The Hall–Kier alpha value is -0.910. The predicted octanol–water partition coefficient (Wildman–Crippen LogP) is 1.93. The van der Waals surface area contributed by atoms with Crippen LogP contribution < -0.4 is 15.4 Å². The van der Waals surface area contributed by atoms with Crippen molar-refractivity contribution in [3.8, 4) is 0 Å². The molecular formula is C18H31IN4O3S. The molecular weight excluding hydrogens is 479 g/mol. The van der Waals surface area contributed by atoms with Crippen LogP contribution in [0.15, 0.2) is 28.1 Å². The molecule has 1 fully saturated rings. The minimum Gasteiger partial charge on any atom is -0.376 e. The molecule has 1 aromatic carbocycles. The van der Waals surface area contributed by atoms with Gasteiger partial charge < -0.3 is 15.4 Å². The number of nitrogens with one attached hydrogen (secondary N) is 3. The van der Waals surface area contributed by atoms with Crippen LogP contribution in [0.1, 0.15) is 30.9 Å². The van der Waals surface area contributed by atoms with Crippen LogP contribution in [0.5, 0.6) is 0 Å². The van der Waals surface area contributed by atoms with Gasteiger partial charge in [-0.1, -0.05) is 12.1 Å². The lowest BCUT2D eigenvalue weighted by Gasteiger charge is -2.14. The highest BCUT2D eigenvalue weighted by Gasteiger charge is 2.17. The summed E-state index contributed by atoms with van der Waals surface area (Å²) in [5, 5.41) is 6.31. The summed E-state index contributed by atoms with van der Waals surface area (Å²) in [6.07, 6.45) is 2.32.